The predicted octanol–water partition coefficient (Wildman–Crippen LogP) is 0.901. The lowest BCUT2D eigenvalue weighted by molar-refractivity contribution is -0.0543. The van der Waals surface area contributed by atoms with E-state index in [4.69, 9.17) is 4.74 Å². The van der Waals surface area contributed by atoms with Crippen LogP contribution in [0.5, 0.6) is 0 Å². The zero-order valence-electron chi connectivity index (χ0n) is 17.6. The second-order valence-electron chi connectivity index (χ2n) is 9.52. The van der Waals surface area contributed by atoms with Crippen LogP contribution in [0.4, 0.5) is 0 Å². The Labute approximate surface area is 166 Å². The zero-order chi connectivity index (χ0) is 21.4. The molecule has 28 heavy (non-hydrogen) atoms. The van der Waals surface area contributed by atoms with E-state index in [1.807, 2.05) is 0 Å². The van der Waals surface area contributed by atoms with Crippen molar-refractivity contribution in [3.05, 3.63) is 32.6 Å². The van der Waals surface area contributed by atoms with Gasteiger partial charge in [-0.05, 0) is 30.7 Å². The van der Waals surface area contributed by atoms with Crippen LogP contribution in [0.3, 0.4) is 0 Å². The number of hydrogen-bond acceptors (Lipinski definition) is 6. The third kappa shape index (κ3) is 4.49. The number of aromatic nitrogens is 2. The molecule has 1 saturated heterocycles. The van der Waals surface area contributed by atoms with E-state index in [9.17, 15) is 24.9 Å². The van der Waals surface area contributed by atoms with Gasteiger partial charge in [-0.2, -0.15) is 0 Å². The third-order valence-corrected chi connectivity index (χ3v) is 12.2. The van der Waals surface area contributed by atoms with Crippen LogP contribution in [-0.4, -0.2) is 57.5 Å². The molecule has 0 aromatic carbocycles. The molecule has 1 aliphatic heterocycles. The van der Waals surface area contributed by atoms with E-state index in [0.29, 0.717) is 12.0 Å². The van der Waals surface area contributed by atoms with Crippen molar-refractivity contribution < 1.29 is 20.1 Å². The molecule has 0 aliphatic carbocycles. The van der Waals surface area contributed by atoms with Crippen molar-refractivity contribution in [1.29, 1.82) is 0 Å². The highest BCUT2D eigenvalue weighted by molar-refractivity contribution is 6.81. The molecule has 0 amide bonds. The Hall–Kier alpha value is -1.26. The highest BCUT2D eigenvalue weighted by atomic mass is 28.3. The summed E-state index contributed by atoms with van der Waals surface area (Å²) in [5, 5.41) is 30.4. The lowest BCUT2D eigenvalue weighted by Crippen LogP contribution is -2.56. The molecular weight excluding hydrogens is 380 g/mol. The summed E-state index contributed by atoms with van der Waals surface area (Å²) in [5.74, 6) is -0.226. The predicted molar refractivity (Wildman–Crippen MR) is 109 cm³/mol. The van der Waals surface area contributed by atoms with Gasteiger partial charge in [-0.1, -0.05) is 33.9 Å². The SMILES string of the molecule is Cc1cn([C@H]2C[C@H](CC(O)CO)[C@@H](C(O)[Si](C)(C)C(C)(C)C)O2)c(=O)[nH]c1=O. The number of nitrogens with zero attached hydrogens (tertiary/aromatic N) is 1. The van der Waals surface area contributed by atoms with E-state index in [1.54, 1.807) is 6.92 Å². The molecule has 1 aromatic heterocycles. The van der Waals surface area contributed by atoms with Crippen LogP contribution in [0.25, 0.3) is 0 Å². The quantitative estimate of drug-likeness (QED) is 0.513. The van der Waals surface area contributed by atoms with E-state index in [0.717, 1.165) is 0 Å². The van der Waals surface area contributed by atoms with E-state index in [1.165, 1.54) is 10.8 Å². The van der Waals surface area contributed by atoms with Gasteiger partial charge in [0, 0.05) is 11.8 Å². The number of H-pyrrole nitrogens is 1. The Bertz CT molecular complexity index is 797. The Morgan fingerprint density at radius 1 is 1.32 bits per heavy atom. The van der Waals surface area contributed by atoms with Crippen LogP contribution < -0.4 is 11.2 Å². The minimum absolute atomic E-state index is 0.0839. The van der Waals surface area contributed by atoms with Gasteiger partial charge in [0.05, 0.1) is 32.6 Å². The molecule has 4 N–H and O–H groups in total. The Balaban J connectivity index is 2.39. The van der Waals surface area contributed by atoms with Crippen LogP contribution in [0, 0.1) is 12.8 Å². The molecule has 1 aliphatic rings. The first-order chi connectivity index (χ1) is 12.8. The highest BCUT2D eigenvalue weighted by Gasteiger charge is 2.51. The first kappa shape index (κ1) is 23.0. The number of rotatable bonds is 6. The van der Waals surface area contributed by atoms with Gasteiger partial charge in [0.15, 0.2) is 0 Å². The summed E-state index contributed by atoms with van der Waals surface area (Å²) >= 11 is 0. The molecule has 0 radical (unpaired) electrons. The molecule has 0 spiro atoms. The summed E-state index contributed by atoms with van der Waals surface area (Å²) in [5.41, 5.74) is -1.33. The normalized spacial score (nSPS) is 25.7. The van der Waals surface area contributed by atoms with Gasteiger partial charge in [-0.25, -0.2) is 4.79 Å². The van der Waals surface area contributed by atoms with E-state index in [-0.39, 0.29) is 24.0 Å². The van der Waals surface area contributed by atoms with Gasteiger partial charge in [0.1, 0.15) is 6.23 Å². The first-order valence-corrected chi connectivity index (χ1v) is 12.8. The van der Waals surface area contributed by atoms with Crippen LogP contribution in [-0.2, 0) is 4.74 Å². The van der Waals surface area contributed by atoms with Gasteiger partial charge in [-0.3, -0.25) is 14.3 Å². The second kappa shape index (κ2) is 8.23. The maximum absolute atomic E-state index is 12.3. The van der Waals surface area contributed by atoms with E-state index < -0.39 is 43.5 Å². The molecule has 0 bridgehead atoms. The highest BCUT2D eigenvalue weighted by Crippen LogP contribution is 2.45. The molecular formula is C19H34N2O6Si. The average Bonchev–Trinajstić information content (AvgIpc) is 2.99. The van der Waals surface area contributed by atoms with Crippen molar-refractivity contribution in [3.63, 3.8) is 0 Å². The van der Waals surface area contributed by atoms with Crippen LogP contribution in [0.1, 0.15) is 45.4 Å². The fourth-order valence-corrected chi connectivity index (χ4v) is 5.62. The van der Waals surface area contributed by atoms with Crippen molar-refractivity contribution in [3.8, 4) is 0 Å². The first-order valence-electron chi connectivity index (χ1n) is 9.74. The average molecular weight is 415 g/mol. The van der Waals surface area contributed by atoms with Gasteiger partial charge in [0.2, 0.25) is 0 Å². The minimum atomic E-state index is -2.20. The molecule has 5 atom stereocenters. The van der Waals surface area contributed by atoms with Gasteiger partial charge < -0.3 is 20.1 Å². The summed E-state index contributed by atoms with van der Waals surface area (Å²) in [7, 11) is -2.20. The summed E-state index contributed by atoms with van der Waals surface area (Å²) in [6.07, 6.45) is -0.00353. The van der Waals surface area contributed by atoms with Crippen molar-refractivity contribution in [2.24, 2.45) is 5.92 Å². The fraction of sp³-hybridized carbons (Fsp3) is 0.789. The number of nitrogens with one attached hydrogen (secondary N) is 1. The van der Waals surface area contributed by atoms with Crippen LogP contribution in [0.15, 0.2) is 15.8 Å². The fourth-order valence-electron chi connectivity index (χ4n) is 3.56. The lowest BCUT2D eigenvalue weighted by Gasteiger charge is -2.43. The van der Waals surface area contributed by atoms with Crippen LogP contribution >= 0.6 is 0 Å². The molecule has 1 aromatic rings. The van der Waals surface area contributed by atoms with Crippen molar-refractivity contribution in [1.82, 2.24) is 9.55 Å². The lowest BCUT2D eigenvalue weighted by atomic mass is 9.94. The molecule has 160 valence electrons. The summed E-state index contributed by atoms with van der Waals surface area (Å²) < 4.78 is 7.50. The Kier molecular flexibility index (Phi) is 6.77. The molecule has 0 saturated carbocycles. The summed E-state index contributed by atoms with van der Waals surface area (Å²) in [4.78, 5) is 26.2. The molecule has 2 rings (SSSR count). The molecule has 2 heterocycles. The topological polar surface area (TPSA) is 125 Å². The maximum Gasteiger partial charge on any atom is 0.330 e. The van der Waals surface area contributed by atoms with Crippen molar-refractivity contribution >= 4 is 8.07 Å². The van der Waals surface area contributed by atoms with E-state index in [2.05, 4.69) is 38.8 Å². The second-order valence-corrected chi connectivity index (χ2v) is 15.1. The summed E-state index contributed by atoms with van der Waals surface area (Å²) in [6.45, 7) is 11.7. The summed E-state index contributed by atoms with van der Waals surface area (Å²) in [6, 6.07) is 0. The molecule has 2 unspecified atom stereocenters. The van der Waals surface area contributed by atoms with Crippen LogP contribution in [0.2, 0.25) is 18.1 Å². The minimum Gasteiger partial charge on any atom is -0.394 e. The number of aliphatic hydroxyl groups excluding tert-OH is 3. The number of ether oxygens (including phenoxy) is 1. The van der Waals surface area contributed by atoms with Gasteiger partial charge >= 0.3 is 5.69 Å². The maximum atomic E-state index is 12.3. The number of hydrogen-bond donors (Lipinski definition) is 4. The number of aliphatic hydroxyl groups is 3. The largest absolute Gasteiger partial charge is 0.394 e. The zero-order valence-corrected chi connectivity index (χ0v) is 18.6. The third-order valence-electron chi connectivity index (χ3n) is 6.51. The molecule has 8 nitrogen and oxygen atoms in total. The van der Waals surface area contributed by atoms with Crippen molar-refractivity contribution in [2.75, 3.05) is 6.61 Å². The standard InChI is InChI=1S/C19H34N2O6Si/c1-11-9-21(18(26)20-16(11)24)14-8-12(7-13(23)10-22)15(27-14)17(25)28(5,6)19(2,3)4/h9,12-15,17,22-23,25H,7-8,10H2,1-6H3,(H,20,24,26)/t12-,13?,14+,15-,17?/m0/s1. The monoisotopic (exact) mass is 414 g/mol. The van der Waals surface area contributed by atoms with Gasteiger partial charge in [0.25, 0.3) is 5.56 Å². The number of aromatic amines is 1. The molecule has 1 fully saturated rings. The molecule has 9 heteroatoms. The number of aryl methyl sites for hydroxylation is 1. The smallest absolute Gasteiger partial charge is 0.330 e. The Morgan fingerprint density at radius 3 is 2.46 bits per heavy atom. The van der Waals surface area contributed by atoms with E-state index >= 15 is 0 Å². The van der Waals surface area contributed by atoms with Crippen molar-refractivity contribution in [2.45, 2.75) is 82.8 Å². The van der Waals surface area contributed by atoms with Gasteiger partial charge in [-0.15, -0.1) is 0 Å². The Morgan fingerprint density at radius 2 is 1.93 bits per heavy atom.